The molecule has 0 fully saturated rings. The van der Waals surface area contributed by atoms with Crippen molar-refractivity contribution in [1.29, 1.82) is 0 Å². The van der Waals surface area contributed by atoms with Crippen LogP contribution >= 0.6 is 23.5 Å². The van der Waals surface area contributed by atoms with Gasteiger partial charge in [0.2, 0.25) is 0 Å². The fraction of sp³-hybridized carbons (Fsp3) is 0.455. The maximum Gasteiger partial charge on any atom is 0.163 e. The van der Waals surface area contributed by atoms with Crippen LogP contribution in [0.5, 0.6) is 5.75 Å². The highest BCUT2D eigenvalue weighted by atomic mass is 35.5. The summed E-state index contributed by atoms with van der Waals surface area (Å²) in [6.07, 6.45) is 1.97. The van der Waals surface area contributed by atoms with Crippen LogP contribution in [0.1, 0.15) is 18.4 Å². The minimum absolute atomic E-state index is 0.179. The molecule has 2 rings (SSSR count). The molecular weight excluding hydrogens is 230 g/mol. The lowest BCUT2D eigenvalue weighted by atomic mass is 10.2. The molecule has 1 unspecified atom stereocenters. The van der Waals surface area contributed by atoms with Crippen LogP contribution in [-0.2, 0) is 0 Å². The molecule has 0 aliphatic carbocycles. The van der Waals surface area contributed by atoms with Gasteiger partial charge in [0, 0.05) is 5.88 Å². The van der Waals surface area contributed by atoms with E-state index in [1.807, 2.05) is 12.1 Å². The zero-order valence-electron chi connectivity index (χ0n) is 8.63. The van der Waals surface area contributed by atoms with Gasteiger partial charge in [0.15, 0.2) is 5.44 Å². The van der Waals surface area contributed by atoms with Gasteiger partial charge < -0.3 is 9.46 Å². The van der Waals surface area contributed by atoms with Gasteiger partial charge >= 0.3 is 0 Å². The molecule has 1 heterocycles. The molecular formula is C11H14ClNOS. The van der Waals surface area contributed by atoms with Gasteiger partial charge in [-0.1, -0.05) is 12.1 Å². The van der Waals surface area contributed by atoms with Crippen molar-refractivity contribution >= 4 is 29.2 Å². The molecule has 15 heavy (non-hydrogen) atoms. The number of anilines is 1. The first-order valence-corrected chi connectivity index (χ1v) is 6.46. The Morgan fingerprint density at radius 1 is 1.53 bits per heavy atom. The van der Waals surface area contributed by atoms with Crippen molar-refractivity contribution in [1.82, 2.24) is 0 Å². The van der Waals surface area contributed by atoms with Gasteiger partial charge in [-0.25, -0.2) is 0 Å². The molecule has 0 spiro atoms. The molecule has 1 aliphatic rings. The molecule has 2 nitrogen and oxygen atoms in total. The fourth-order valence-electron chi connectivity index (χ4n) is 1.52. The van der Waals surface area contributed by atoms with E-state index in [2.05, 4.69) is 17.7 Å². The summed E-state index contributed by atoms with van der Waals surface area (Å²) in [6, 6.07) is 6.10. The first kappa shape index (κ1) is 11.0. The third kappa shape index (κ3) is 2.52. The zero-order valence-corrected chi connectivity index (χ0v) is 10.2. The molecule has 0 radical (unpaired) electrons. The van der Waals surface area contributed by atoms with Gasteiger partial charge in [-0.15, -0.1) is 11.6 Å². The molecule has 0 bridgehead atoms. The van der Waals surface area contributed by atoms with Crippen LogP contribution in [0, 0.1) is 6.92 Å². The minimum Gasteiger partial charge on any atom is -0.476 e. The van der Waals surface area contributed by atoms with Crippen LogP contribution in [-0.4, -0.2) is 11.3 Å². The molecule has 1 aliphatic heterocycles. The standard InChI is InChI=1S/C11H14ClNOS/c1-8-4-2-5-9-11(8)13-15-10(14-9)6-3-7-12/h2,4-5,10,13H,3,6-7H2,1H3. The summed E-state index contributed by atoms with van der Waals surface area (Å²) < 4.78 is 9.20. The lowest BCUT2D eigenvalue weighted by Gasteiger charge is -2.27. The number of alkyl halides is 1. The summed E-state index contributed by atoms with van der Waals surface area (Å²) >= 11 is 7.29. The van der Waals surface area contributed by atoms with Crippen molar-refractivity contribution < 1.29 is 4.74 Å². The van der Waals surface area contributed by atoms with Crippen molar-refractivity contribution in [2.24, 2.45) is 0 Å². The summed E-state index contributed by atoms with van der Waals surface area (Å²) in [5, 5.41) is 0. The highest BCUT2D eigenvalue weighted by Gasteiger charge is 2.20. The van der Waals surface area contributed by atoms with E-state index in [9.17, 15) is 0 Å². The first-order valence-electron chi connectivity index (χ1n) is 5.05. The summed E-state index contributed by atoms with van der Waals surface area (Å²) in [5.74, 6) is 1.65. The summed E-state index contributed by atoms with van der Waals surface area (Å²) in [4.78, 5) is 0. The van der Waals surface area contributed by atoms with Crippen LogP contribution in [0.15, 0.2) is 18.2 Å². The van der Waals surface area contributed by atoms with Crippen molar-refractivity contribution in [3.05, 3.63) is 23.8 Å². The number of rotatable bonds is 3. The van der Waals surface area contributed by atoms with E-state index < -0.39 is 0 Å². The Labute approximate surface area is 99.5 Å². The Bertz CT molecular complexity index is 345. The normalized spacial score (nSPS) is 18.9. The molecule has 1 aromatic rings. The maximum absolute atomic E-state index is 5.86. The molecule has 0 saturated carbocycles. The largest absolute Gasteiger partial charge is 0.476 e. The smallest absolute Gasteiger partial charge is 0.163 e. The number of fused-ring (bicyclic) bond motifs is 1. The second-order valence-electron chi connectivity index (χ2n) is 3.55. The van der Waals surface area contributed by atoms with Gasteiger partial charge in [0.25, 0.3) is 0 Å². The lowest BCUT2D eigenvalue weighted by molar-refractivity contribution is 0.275. The van der Waals surface area contributed by atoms with E-state index in [0.717, 1.165) is 24.3 Å². The van der Waals surface area contributed by atoms with E-state index in [-0.39, 0.29) is 5.44 Å². The van der Waals surface area contributed by atoms with E-state index in [4.69, 9.17) is 16.3 Å². The van der Waals surface area contributed by atoms with Gasteiger partial charge in [0.05, 0.1) is 5.69 Å². The second-order valence-corrected chi connectivity index (χ2v) is 4.89. The maximum atomic E-state index is 5.86. The molecule has 0 aromatic heterocycles. The third-order valence-corrected chi connectivity index (χ3v) is 3.54. The minimum atomic E-state index is 0.179. The number of hydrogen-bond donors (Lipinski definition) is 1. The van der Waals surface area contributed by atoms with Crippen molar-refractivity contribution in [3.8, 4) is 5.75 Å². The summed E-state index contributed by atoms with van der Waals surface area (Å²) in [7, 11) is 0. The highest BCUT2D eigenvalue weighted by Crippen LogP contribution is 2.38. The zero-order chi connectivity index (χ0) is 10.7. The fourth-order valence-corrected chi connectivity index (χ4v) is 2.62. The van der Waals surface area contributed by atoms with E-state index >= 15 is 0 Å². The number of halogens is 1. The Kier molecular flexibility index (Phi) is 3.65. The van der Waals surface area contributed by atoms with Gasteiger partial charge in [0.1, 0.15) is 5.75 Å². The van der Waals surface area contributed by atoms with Gasteiger partial charge in [-0.05, 0) is 43.3 Å². The average Bonchev–Trinajstić information content (AvgIpc) is 2.26. The van der Waals surface area contributed by atoms with Crippen LogP contribution in [0.25, 0.3) is 0 Å². The summed E-state index contributed by atoms with van der Waals surface area (Å²) in [6.45, 7) is 2.08. The van der Waals surface area contributed by atoms with Gasteiger partial charge in [-0.3, -0.25) is 0 Å². The Morgan fingerprint density at radius 2 is 2.40 bits per heavy atom. The molecule has 4 heteroatoms. The summed E-state index contributed by atoms with van der Waals surface area (Å²) in [5.41, 5.74) is 2.50. The average molecular weight is 244 g/mol. The number of benzene rings is 1. The first-order chi connectivity index (χ1) is 7.31. The predicted molar refractivity (Wildman–Crippen MR) is 66.8 cm³/mol. The topological polar surface area (TPSA) is 21.3 Å². The van der Waals surface area contributed by atoms with Crippen molar-refractivity contribution in [2.75, 3.05) is 10.6 Å². The predicted octanol–water partition coefficient (Wildman–Crippen LogP) is 3.79. The number of aryl methyl sites for hydroxylation is 1. The van der Waals surface area contributed by atoms with E-state index in [1.54, 1.807) is 11.9 Å². The van der Waals surface area contributed by atoms with Crippen molar-refractivity contribution in [3.63, 3.8) is 0 Å². The SMILES string of the molecule is Cc1cccc2c1NSC(CCCCl)O2. The monoisotopic (exact) mass is 243 g/mol. The van der Waals surface area contributed by atoms with E-state index in [1.165, 1.54) is 5.56 Å². The lowest BCUT2D eigenvalue weighted by Crippen LogP contribution is -2.20. The molecule has 0 saturated heterocycles. The second kappa shape index (κ2) is 4.99. The number of hydrogen-bond acceptors (Lipinski definition) is 3. The number of ether oxygens (including phenoxy) is 1. The molecule has 82 valence electrons. The molecule has 1 atom stereocenters. The molecule has 0 amide bonds. The number of nitrogens with one attached hydrogen (secondary N) is 1. The van der Waals surface area contributed by atoms with E-state index in [0.29, 0.717) is 5.88 Å². The quantitative estimate of drug-likeness (QED) is 0.645. The Hall–Kier alpha value is -0.540. The number of para-hydroxylation sites is 1. The van der Waals surface area contributed by atoms with Crippen LogP contribution in [0.4, 0.5) is 5.69 Å². The highest BCUT2D eigenvalue weighted by molar-refractivity contribution is 8.01. The molecule has 1 N–H and O–H groups in total. The van der Waals surface area contributed by atoms with Gasteiger partial charge in [-0.2, -0.15) is 0 Å². The Morgan fingerprint density at radius 3 is 3.20 bits per heavy atom. The van der Waals surface area contributed by atoms with Crippen LogP contribution in [0.3, 0.4) is 0 Å². The molecule has 1 aromatic carbocycles. The van der Waals surface area contributed by atoms with Crippen LogP contribution in [0.2, 0.25) is 0 Å². The van der Waals surface area contributed by atoms with Crippen LogP contribution < -0.4 is 9.46 Å². The van der Waals surface area contributed by atoms with Crippen molar-refractivity contribution in [2.45, 2.75) is 25.2 Å². The third-order valence-electron chi connectivity index (χ3n) is 2.36. The Balaban J connectivity index is 2.07.